The molecule has 0 spiro atoms. The molecule has 4 heteroatoms. The van der Waals surface area contributed by atoms with E-state index in [1.807, 2.05) is 4.90 Å². The highest BCUT2D eigenvalue weighted by atomic mass is 19.1. The van der Waals surface area contributed by atoms with Crippen molar-refractivity contribution in [2.24, 2.45) is 0 Å². The number of hydrogen-bond donors (Lipinski definition) is 1. The quantitative estimate of drug-likeness (QED) is 0.920. The third-order valence-electron chi connectivity index (χ3n) is 4.86. The first kappa shape index (κ1) is 13.6. The third kappa shape index (κ3) is 2.03. The van der Waals surface area contributed by atoms with Crippen molar-refractivity contribution in [2.45, 2.75) is 43.6 Å². The number of halogens is 1. The zero-order valence-electron chi connectivity index (χ0n) is 11.5. The maximum absolute atomic E-state index is 13.1. The van der Waals surface area contributed by atoms with Crippen LogP contribution in [-0.2, 0) is 10.2 Å². The Kier molecular flexibility index (Phi) is 3.50. The van der Waals surface area contributed by atoms with Crippen LogP contribution >= 0.6 is 0 Å². The van der Waals surface area contributed by atoms with Gasteiger partial charge in [-0.15, -0.1) is 0 Å². The minimum absolute atomic E-state index is 0.0330. The monoisotopic (exact) mass is 277 g/mol. The first-order valence-electron chi connectivity index (χ1n) is 7.35. The number of likely N-dealkylation sites (tertiary alicyclic amines) is 1. The van der Waals surface area contributed by atoms with Crippen molar-refractivity contribution in [3.05, 3.63) is 35.6 Å². The molecule has 3 nitrogen and oxygen atoms in total. The summed E-state index contributed by atoms with van der Waals surface area (Å²) in [5.41, 5.74) is 0.435. The summed E-state index contributed by atoms with van der Waals surface area (Å²) in [5, 5.41) is 9.41. The standard InChI is InChI=1S/C16H20FNO2/c17-13-6-4-12(5-7-13)16(8-2-9-16)15(20)18-10-1-3-14(18)11-19/h4-7,14,19H,1-3,8-11H2. The van der Waals surface area contributed by atoms with Gasteiger partial charge in [0.1, 0.15) is 5.82 Å². The lowest BCUT2D eigenvalue weighted by molar-refractivity contribution is -0.142. The summed E-state index contributed by atoms with van der Waals surface area (Å²) in [6.07, 6.45) is 4.51. The first-order chi connectivity index (χ1) is 9.67. The molecule has 1 aliphatic heterocycles. The van der Waals surface area contributed by atoms with Crippen LogP contribution in [0.25, 0.3) is 0 Å². The fourth-order valence-corrected chi connectivity index (χ4v) is 3.49. The molecule has 1 heterocycles. The van der Waals surface area contributed by atoms with Crippen LogP contribution in [0.4, 0.5) is 4.39 Å². The number of amides is 1. The zero-order chi connectivity index (χ0) is 14.2. The molecule has 2 fully saturated rings. The summed E-state index contributed by atoms with van der Waals surface area (Å²) in [6, 6.07) is 6.28. The number of carbonyl (C=O) groups is 1. The molecule has 20 heavy (non-hydrogen) atoms. The average molecular weight is 277 g/mol. The van der Waals surface area contributed by atoms with Gasteiger partial charge >= 0.3 is 0 Å². The number of aliphatic hydroxyl groups excluding tert-OH is 1. The van der Waals surface area contributed by atoms with Crippen molar-refractivity contribution in [1.82, 2.24) is 4.90 Å². The molecule has 0 radical (unpaired) electrons. The molecule has 1 atom stereocenters. The van der Waals surface area contributed by atoms with Crippen LogP contribution in [-0.4, -0.2) is 35.1 Å². The Morgan fingerprint density at radius 3 is 2.55 bits per heavy atom. The highest BCUT2D eigenvalue weighted by Gasteiger charge is 2.49. The number of benzene rings is 1. The molecular formula is C16H20FNO2. The Bertz CT molecular complexity index is 496. The van der Waals surface area contributed by atoms with Gasteiger partial charge in [-0.1, -0.05) is 18.6 Å². The van der Waals surface area contributed by atoms with Crippen LogP contribution < -0.4 is 0 Å². The molecule has 1 saturated heterocycles. The molecular weight excluding hydrogens is 257 g/mol. The molecule has 1 aromatic rings. The normalized spacial score (nSPS) is 24.5. The molecule has 1 aromatic carbocycles. The topological polar surface area (TPSA) is 40.5 Å². The summed E-state index contributed by atoms with van der Waals surface area (Å²) in [5.74, 6) is -0.156. The van der Waals surface area contributed by atoms with Crippen molar-refractivity contribution in [2.75, 3.05) is 13.2 Å². The predicted octanol–water partition coefficient (Wildman–Crippen LogP) is 2.23. The van der Waals surface area contributed by atoms with E-state index in [1.165, 1.54) is 12.1 Å². The largest absolute Gasteiger partial charge is 0.394 e. The third-order valence-corrected chi connectivity index (χ3v) is 4.86. The van der Waals surface area contributed by atoms with E-state index in [1.54, 1.807) is 12.1 Å². The van der Waals surface area contributed by atoms with Crippen LogP contribution in [0, 0.1) is 5.82 Å². The molecule has 1 aliphatic carbocycles. The van der Waals surface area contributed by atoms with Gasteiger partial charge in [0.05, 0.1) is 18.1 Å². The van der Waals surface area contributed by atoms with Crippen molar-refractivity contribution in [3.8, 4) is 0 Å². The van der Waals surface area contributed by atoms with Gasteiger partial charge in [0.25, 0.3) is 0 Å². The average Bonchev–Trinajstić information content (AvgIpc) is 2.87. The Labute approximate surface area is 118 Å². The number of hydrogen-bond acceptors (Lipinski definition) is 2. The van der Waals surface area contributed by atoms with Gasteiger partial charge in [0, 0.05) is 6.54 Å². The van der Waals surface area contributed by atoms with Crippen LogP contribution in [0.2, 0.25) is 0 Å². The van der Waals surface area contributed by atoms with E-state index in [2.05, 4.69) is 0 Å². The maximum atomic E-state index is 13.1. The van der Waals surface area contributed by atoms with Gasteiger partial charge in [-0.3, -0.25) is 4.79 Å². The second-order valence-corrected chi connectivity index (χ2v) is 5.92. The fourth-order valence-electron chi connectivity index (χ4n) is 3.49. The van der Waals surface area contributed by atoms with Gasteiger partial charge in [-0.2, -0.15) is 0 Å². The van der Waals surface area contributed by atoms with E-state index < -0.39 is 5.41 Å². The smallest absolute Gasteiger partial charge is 0.233 e. The summed E-state index contributed by atoms with van der Waals surface area (Å²) in [6.45, 7) is 0.762. The molecule has 0 bridgehead atoms. The number of nitrogens with zero attached hydrogens (tertiary/aromatic N) is 1. The molecule has 2 aliphatic rings. The second kappa shape index (κ2) is 5.17. The zero-order valence-corrected chi connectivity index (χ0v) is 11.5. The van der Waals surface area contributed by atoms with Gasteiger partial charge in [0.15, 0.2) is 0 Å². The van der Waals surface area contributed by atoms with Crippen molar-refractivity contribution < 1.29 is 14.3 Å². The van der Waals surface area contributed by atoms with E-state index in [4.69, 9.17) is 0 Å². The second-order valence-electron chi connectivity index (χ2n) is 5.92. The molecule has 0 aromatic heterocycles. The Balaban J connectivity index is 1.88. The Morgan fingerprint density at radius 2 is 2.00 bits per heavy atom. The summed E-state index contributed by atoms with van der Waals surface area (Å²) >= 11 is 0. The van der Waals surface area contributed by atoms with Crippen LogP contribution in [0.1, 0.15) is 37.7 Å². The summed E-state index contributed by atoms with van der Waals surface area (Å²) in [4.78, 5) is 14.8. The predicted molar refractivity (Wildman–Crippen MR) is 73.7 cm³/mol. The maximum Gasteiger partial charge on any atom is 0.233 e. The van der Waals surface area contributed by atoms with Crippen molar-refractivity contribution >= 4 is 5.91 Å². The summed E-state index contributed by atoms with van der Waals surface area (Å²) in [7, 11) is 0. The van der Waals surface area contributed by atoms with Gasteiger partial charge in [-0.25, -0.2) is 4.39 Å². The van der Waals surface area contributed by atoms with Crippen molar-refractivity contribution in [1.29, 1.82) is 0 Å². The molecule has 1 unspecified atom stereocenters. The van der Waals surface area contributed by atoms with E-state index in [9.17, 15) is 14.3 Å². The number of rotatable bonds is 3. The Morgan fingerprint density at radius 1 is 1.30 bits per heavy atom. The highest BCUT2D eigenvalue weighted by Crippen LogP contribution is 2.46. The van der Waals surface area contributed by atoms with Crippen molar-refractivity contribution in [3.63, 3.8) is 0 Å². The molecule has 1 N–H and O–H groups in total. The van der Waals surface area contributed by atoms with E-state index in [0.29, 0.717) is 0 Å². The fraction of sp³-hybridized carbons (Fsp3) is 0.562. The number of aliphatic hydroxyl groups is 1. The van der Waals surface area contributed by atoms with E-state index in [-0.39, 0.29) is 24.4 Å². The van der Waals surface area contributed by atoms with Gasteiger partial charge in [-0.05, 0) is 43.4 Å². The molecule has 1 saturated carbocycles. The Hall–Kier alpha value is -1.42. The highest BCUT2D eigenvalue weighted by molar-refractivity contribution is 5.89. The first-order valence-corrected chi connectivity index (χ1v) is 7.35. The minimum Gasteiger partial charge on any atom is -0.394 e. The van der Waals surface area contributed by atoms with E-state index >= 15 is 0 Å². The molecule has 3 rings (SSSR count). The SMILES string of the molecule is O=C(N1CCCC1CO)C1(c2ccc(F)cc2)CCC1. The van der Waals surface area contributed by atoms with E-state index in [0.717, 1.165) is 44.2 Å². The van der Waals surface area contributed by atoms with Crippen LogP contribution in [0.15, 0.2) is 24.3 Å². The molecule has 108 valence electrons. The minimum atomic E-state index is -0.481. The van der Waals surface area contributed by atoms with Gasteiger partial charge in [0.2, 0.25) is 5.91 Å². The lowest BCUT2D eigenvalue weighted by Crippen LogP contribution is -2.53. The van der Waals surface area contributed by atoms with Crippen LogP contribution in [0.5, 0.6) is 0 Å². The van der Waals surface area contributed by atoms with Gasteiger partial charge < -0.3 is 10.0 Å². The van der Waals surface area contributed by atoms with Crippen LogP contribution in [0.3, 0.4) is 0 Å². The molecule has 1 amide bonds. The number of carbonyl (C=O) groups excluding carboxylic acids is 1. The summed E-state index contributed by atoms with van der Waals surface area (Å²) < 4.78 is 13.1. The lowest BCUT2D eigenvalue weighted by atomic mass is 9.63. The lowest BCUT2D eigenvalue weighted by Gasteiger charge is -2.44.